The van der Waals surface area contributed by atoms with Crippen molar-refractivity contribution in [2.45, 2.75) is 25.5 Å². The summed E-state index contributed by atoms with van der Waals surface area (Å²) in [5.41, 5.74) is 0.646. The molecule has 1 aromatic heterocycles. The molecule has 1 unspecified atom stereocenters. The molecule has 0 aromatic carbocycles. The lowest BCUT2D eigenvalue weighted by molar-refractivity contribution is 0.576. The topological polar surface area (TPSA) is 58.2 Å². The monoisotopic (exact) mass is 262 g/mol. The summed E-state index contributed by atoms with van der Waals surface area (Å²) in [6, 6.07) is 1.76. The van der Waals surface area contributed by atoms with Gasteiger partial charge in [0.2, 0.25) is 10.0 Å². The second kappa shape index (κ2) is 6.22. The van der Waals surface area contributed by atoms with Crippen LogP contribution >= 0.6 is 11.3 Å². The van der Waals surface area contributed by atoms with E-state index in [4.69, 9.17) is 0 Å². The number of hydrogen-bond donors (Lipinski definition) is 2. The summed E-state index contributed by atoms with van der Waals surface area (Å²) >= 11 is 1.47. The predicted octanol–water partition coefficient (Wildman–Crippen LogP) is 1.88. The molecule has 0 saturated heterocycles. The van der Waals surface area contributed by atoms with E-state index in [1.807, 2.05) is 5.38 Å². The maximum atomic E-state index is 11.8. The zero-order valence-corrected chi connectivity index (χ0v) is 11.2. The maximum Gasteiger partial charge on any atom is 0.236 e. The molecule has 0 bridgehead atoms. The Kier molecular flexibility index (Phi) is 5.24. The van der Waals surface area contributed by atoms with Crippen LogP contribution < -0.4 is 10.0 Å². The standard InChI is InChI=1S/C10H18N2O2S2/c1-3-5-11-7-9(2)16(13,14)12-10-4-6-15-8-10/h4,6,8-9,11-12H,3,5,7H2,1-2H3. The summed E-state index contributed by atoms with van der Waals surface area (Å²) in [7, 11) is -3.27. The first-order valence-corrected chi connectivity index (χ1v) is 7.79. The van der Waals surface area contributed by atoms with Crippen LogP contribution in [0.25, 0.3) is 0 Å². The molecule has 2 N–H and O–H groups in total. The van der Waals surface area contributed by atoms with E-state index < -0.39 is 15.3 Å². The van der Waals surface area contributed by atoms with Crippen LogP contribution in [0.5, 0.6) is 0 Å². The molecule has 4 nitrogen and oxygen atoms in total. The number of anilines is 1. The maximum absolute atomic E-state index is 11.8. The lowest BCUT2D eigenvalue weighted by atomic mass is 10.4. The smallest absolute Gasteiger partial charge is 0.236 e. The molecule has 0 radical (unpaired) electrons. The summed E-state index contributed by atoms with van der Waals surface area (Å²) in [4.78, 5) is 0. The molecule has 92 valence electrons. The molecule has 0 amide bonds. The number of sulfonamides is 1. The first-order chi connectivity index (χ1) is 7.56. The van der Waals surface area contributed by atoms with Crippen molar-refractivity contribution in [1.29, 1.82) is 0 Å². The van der Waals surface area contributed by atoms with Crippen molar-refractivity contribution in [3.05, 3.63) is 16.8 Å². The van der Waals surface area contributed by atoms with Crippen molar-refractivity contribution < 1.29 is 8.42 Å². The van der Waals surface area contributed by atoms with Crippen LogP contribution in [0.4, 0.5) is 5.69 Å². The van der Waals surface area contributed by atoms with E-state index in [0.717, 1.165) is 13.0 Å². The summed E-state index contributed by atoms with van der Waals surface area (Å²) in [5, 5.41) is 6.30. The van der Waals surface area contributed by atoms with Gasteiger partial charge in [0, 0.05) is 11.9 Å². The normalized spacial score (nSPS) is 13.6. The van der Waals surface area contributed by atoms with Crippen molar-refractivity contribution in [1.82, 2.24) is 5.32 Å². The molecule has 0 spiro atoms. The van der Waals surface area contributed by atoms with Crippen molar-refractivity contribution in [2.75, 3.05) is 17.8 Å². The van der Waals surface area contributed by atoms with Crippen molar-refractivity contribution in [3.8, 4) is 0 Å². The molecule has 1 atom stereocenters. The molecule has 0 aliphatic carbocycles. The van der Waals surface area contributed by atoms with Crippen molar-refractivity contribution in [3.63, 3.8) is 0 Å². The highest BCUT2D eigenvalue weighted by molar-refractivity contribution is 7.93. The summed E-state index contributed by atoms with van der Waals surface area (Å²) in [6.45, 7) is 5.08. The van der Waals surface area contributed by atoms with Crippen LogP contribution in [0.2, 0.25) is 0 Å². The van der Waals surface area contributed by atoms with Gasteiger partial charge < -0.3 is 5.32 Å². The van der Waals surface area contributed by atoms with Crippen molar-refractivity contribution in [2.24, 2.45) is 0 Å². The second-order valence-electron chi connectivity index (χ2n) is 3.67. The van der Waals surface area contributed by atoms with Gasteiger partial charge in [-0.1, -0.05) is 6.92 Å². The lowest BCUT2D eigenvalue weighted by Crippen LogP contribution is -2.35. The van der Waals surface area contributed by atoms with Gasteiger partial charge in [-0.05, 0) is 31.3 Å². The van der Waals surface area contributed by atoms with Crippen LogP contribution in [0.1, 0.15) is 20.3 Å². The predicted molar refractivity (Wildman–Crippen MR) is 69.5 cm³/mol. The van der Waals surface area contributed by atoms with E-state index in [1.54, 1.807) is 18.4 Å². The van der Waals surface area contributed by atoms with Gasteiger partial charge in [0.1, 0.15) is 0 Å². The van der Waals surface area contributed by atoms with Gasteiger partial charge in [-0.2, -0.15) is 11.3 Å². The Labute approximate surface area is 101 Å². The fourth-order valence-corrected chi connectivity index (χ4v) is 2.84. The molecular weight excluding hydrogens is 244 g/mol. The number of rotatable bonds is 7. The van der Waals surface area contributed by atoms with Gasteiger partial charge >= 0.3 is 0 Å². The van der Waals surface area contributed by atoms with Gasteiger partial charge in [0.05, 0.1) is 10.9 Å². The largest absolute Gasteiger partial charge is 0.315 e. The fraction of sp³-hybridized carbons (Fsp3) is 0.600. The second-order valence-corrected chi connectivity index (χ2v) is 6.55. The Balaban J connectivity index is 2.50. The van der Waals surface area contributed by atoms with Crippen LogP contribution in [0.3, 0.4) is 0 Å². The third-order valence-electron chi connectivity index (χ3n) is 2.17. The van der Waals surface area contributed by atoms with E-state index in [9.17, 15) is 8.42 Å². The minimum Gasteiger partial charge on any atom is -0.315 e. The van der Waals surface area contributed by atoms with Crippen molar-refractivity contribution >= 4 is 27.0 Å². The number of nitrogens with one attached hydrogen (secondary N) is 2. The average Bonchev–Trinajstić information content (AvgIpc) is 2.70. The van der Waals surface area contributed by atoms with Gasteiger partial charge in [0.15, 0.2) is 0 Å². The Morgan fingerprint density at radius 3 is 2.81 bits per heavy atom. The Bertz CT molecular complexity index is 387. The number of hydrogen-bond acceptors (Lipinski definition) is 4. The molecular formula is C10H18N2O2S2. The SMILES string of the molecule is CCCNCC(C)S(=O)(=O)Nc1ccsc1. The third-order valence-corrected chi connectivity index (χ3v) is 4.60. The van der Waals surface area contributed by atoms with Gasteiger partial charge in [-0.15, -0.1) is 0 Å². The third kappa shape index (κ3) is 4.11. The van der Waals surface area contributed by atoms with Gasteiger partial charge in [-0.25, -0.2) is 8.42 Å². The van der Waals surface area contributed by atoms with Crippen LogP contribution in [-0.2, 0) is 10.0 Å². The van der Waals surface area contributed by atoms with E-state index in [0.29, 0.717) is 12.2 Å². The molecule has 1 heterocycles. The van der Waals surface area contributed by atoms with E-state index in [1.165, 1.54) is 11.3 Å². The Morgan fingerprint density at radius 1 is 1.50 bits per heavy atom. The van der Waals surface area contributed by atoms with Gasteiger partial charge in [-0.3, -0.25) is 4.72 Å². The molecule has 0 aliphatic rings. The summed E-state index contributed by atoms with van der Waals surface area (Å²) in [6.07, 6.45) is 1.00. The molecule has 1 rings (SSSR count). The highest BCUT2D eigenvalue weighted by Crippen LogP contribution is 2.15. The minimum absolute atomic E-state index is 0.432. The first-order valence-electron chi connectivity index (χ1n) is 5.31. The molecule has 0 fully saturated rings. The zero-order chi connectivity index (χ0) is 12.0. The Morgan fingerprint density at radius 2 is 2.25 bits per heavy atom. The molecule has 6 heteroatoms. The summed E-state index contributed by atoms with van der Waals surface area (Å²) in [5.74, 6) is 0. The Hall–Kier alpha value is -0.590. The number of thiophene rings is 1. The van der Waals surface area contributed by atoms with E-state index in [-0.39, 0.29) is 0 Å². The van der Waals surface area contributed by atoms with Gasteiger partial charge in [0.25, 0.3) is 0 Å². The highest BCUT2D eigenvalue weighted by Gasteiger charge is 2.20. The molecule has 16 heavy (non-hydrogen) atoms. The highest BCUT2D eigenvalue weighted by atomic mass is 32.2. The van der Waals surface area contributed by atoms with E-state index in [2.05, 4.69) is 17.0 Å². The lowest BCUT2D eigenvalue weighted by Gasteiger charge is -2.14. The average molecular weight is 262 g/mol. The van der Waals surface area contributed by atoms with Crippen LogP contribution in [-0.4, -0.2) is 26.8 Å². The minimum atomic E-state index is -3.27. The zero-order valence-electron chi connectivity index (χ0n) is 9.56. The molecule has 0 aliphatic heterocycles. The fourth-order valence-electron chi connectivity index (χ4n) is 1.18. The molecule has 0 saturated carbocycles. The van der Waals surface area contributed by atoms with E-state index >= 15 is 0 Å². The van der Waals surface area contributed by atoms with Crippen LogP contribution in [0.15, 0.2) is 16.8 Å². The van der Waals surface area contributed by atoms with Crippen LogP contribution in [0, 0.1) is 0 Å². The first kappa shape index (κ1) is 13.5. The quantitative estimate of drug-likeness (QED) is 0.738. The molecule has 1 aromatic rings. The summed E-state index contributed by atoms with van der Waals surface area (Å²) < 4.78 is 26.3.